The van der Waals surface area contributed by atoms with Gasteiger partial charge in [-0.3, -0.25) is 4.68 Å². The van der Waals surface area contributed by atoms with Crippen LogP contribution >= 0.6 is 0 Å². The van der Waals surface area contributed by atoms with Crippen LogP contribution in [0.5, 0.6) is 11.8 Å². The Bertz CT molecular complexity index is 516. The van der Waals surface area contributed by atoms with Crippen molar-refractivity contribution in [1.82, 2.24) is 20.1 Å². The van der Waals surface area contributed by atoms with E-state index in [1.807, 2.05) is 10.9 Å². The summed E-state index contributed by atoms with van der Waals surface area (Å²) >= 11 is 0. The van der Waals surface area contributed by atoms with Crippen molar-refractivity contribution in [2.45, 2.75) is 46.3 Å². The molecular formula is C13H20N4O2. The molecule has 104 valence electrons. The average molecular weight is 264 g/mol. The second-order valence-electron chi connectivity index (χ2n) is 4.99. The molecule has 0 aliphatic carbocycles. The summed E-state index contributed by atoms with van der Waals surface area (Å²) in [5.41, 5.74) is 0.819. The molecule has 0 saturated heterocycles. The zero-order valence-electron chi connectivity index (χ0n) is 11.8. The van der Waals surface area contributed by atoms with Crippen LogP contribution in [0.15, 0.2) is 23.1 Å². The van der Waals surface area contributed by atoms with E-state index in [0.717, 1.165) is 5.69 Å². The second kappa shape index (κ2) is 5.88. The van der Waals surface area contributed by atoms with Crippen LogP contribution in [0, 0.1) is 0 Å². The maximum Gasteiger partial charge on any atom is 0.399 e. The van der Waals surface area contributed by atoms with Gasteiger partial charge in [0.15, 0.2) is 5.75 Å². The Kier molecular flexibility index (Phi) is 4.21. The molecule has 2 aromatic rings. The lowest BCUT2D eigenvalue weighted by atomic mass is 10.4. The van der Waals surface area contributed by atoms with E-state index < -0.39 is 0 Å². The first kappa shape index (κ1) is 13.6. The molecule has 0 atom stereocenters. The molecule has 0 unspecified atom stereocenters. The number of ether oxygens (including phenoxy) is 1. The monoisotopic (exact) mass is 264 g/mol. The minimum Gasteiger partial charge on any atom is -0.417 e. The molecule has 0 aliphatic rings. The molecule has 1 N–H and O–H groups in total. The zero-order chi connectivity index (χ0) is 13.8. The number of oxazole rings is 1. The van der Waals surface area contributed by atoms with Gasteiger partial charge in [0.1, 0.15) is 6.26 Å². The van der Waals surface area contributed by atoms with Crippen LogP contribution in [0.2, 0.25) is 0 Å². The number of hydrogen-bond acceptors (Lipinski definition) is 5. The van der Waals surface area contributed by atoms with Crippen LogP contribution in [0.3, 0.4) is 0 Å². The lowest BCUT2D eigenvalue weighted by Crippen LogP contribution is -2.21. The Balaban J connectivity index is 1.95. The fraction of sp³-hybridized carbons (Fsp3) is 0.538. The summed E-state index contributed by atoms with van der Waals surface area (Å²) in [6.07, 6.45) is 5.30. The Morgan fingerprint density at radius 1 is 1.37 bits per heavy atom. The van der Waals surface area contributed by atoms with Crippen LogP contribution in [-0.4, -0.2) is 20.8 Å². The molecule has 0 fully saturated rings. The number of hydrogen-bond donors (Lipinski definition) is 1. The predicted octanol–water partition coefficient (Wildman–Crippen LogP) is 2.74. The fourth-order valence-electron chi connectivity index (χ4n) is 1.48. The largest absolute Gasteiger partial charge is 0.417 e. The van der Waals surface area contributed by atoms with Crippen molar-refractivity contribution in [3.8, 4) is 11.8 Å². The van der Waals surface area contributed by atoms with Gasteiger partial charge >= 0.3 is 6.08 Å². The van der Waals surface area contributed by atoms with Crippen LogP contribution in [0.1, 0.15) is 39.4 Å². The highest BCUT2D eigenvalue weighted by Crippen LogP contribution is 2.21. The number of aromatic nitrogens is 3. The maximum atomic E-state index is 5.51. The number of nitrogens with one attached hydrogen (secondary N) is 1. The summed E-state index contributed by atoms with van der Waals surface area (Å²) in [4.78, 5) is 4.24. The Labute approximate surface area is 112 Å². The number of nitrogens with zero attached hydrogens (tertiary/aromatic N) is 3. The van der Waals surface area contributed by atoms with E-state index in [1.165, 1.54) is 0 Å². The van der Waals surface area contributed by atoms with Gasteiger partial charge in [0.2, 0.25) is 0 Å². The molecular weight excluding hydrogens is 244 g/mol. The van der Waals surface area contributed by atoms with Gasteiger partial charge < -0.3 is 14.5 Å². The van der Waals surface area contributed by atoms with Gasteiger partial charge in [0, 0.05) is 18.6 Å². The van der Waals surface area contributed by atoms with E-state index in [9.17, 15) is 0 Å². The van der Waals surface area contributed by atoms with Crippen molar-refractivity contribution >= 4 is 0 Å². The van der Waals surface area contributed by atoms with Gasteiger partial charge in [-0.15, -0.1) is 0 Å². The molecule has 0 aromatic carbocycles. The standard InChI is InChI=1S/C13H20N4O2/c1-9(2)14-5-11-8-18-13(16-11)19-12-6-15-17(7-12)10(3)4/h6-10,14H,5H2,1-4H3. The van der Waals surface area contributed by atoms with E-state index in [-0.39, 0.29) is 6.08 Å². The highest BCUT2D eigenvalue weighted by atomic mass is 16.6. The predicted molar refractivity (Wildman–Crippen MR) is 71.2 cm³/mol. The van der Waals surface area contributed by atoms with Gasteiger partial charge in [-0.25, -0.2) is 0 Å². The van der Waals surface area contributed by atoms with Crippen molar-refractivity contribution in [3.63, 3.8) is 0 Å². The van der Waals surface area contributed by atoms with E-state index in [4.69, 9.17) is 9.15 Å². The van der Waals surface area contributed by atoms with Gasteiger partial charge in [-0.2, -0.15) is 10.1 Å². The molecule has 0 saturated carbocycles. The minimum absolute atomic E-state index is 0.240. The molecule has 0 aliphatic heterocycles. The number of rotatable bonds is 6. The minimum atomic E-state index is 0.240. The first-order chi connectivity index (χ1) is 9.04. The second-order valence-corrected chi connectivity index (χ2v) is 4.99. The molecule has 0 spiro atoms. The first-order valence-corrected chi connectivity index (χ1v) is 6.44. The normalized spacial score (nSPS) is 11.5. The molecule has 0 amide bonds. The van der Waals surface area contributed by atoms with Crippen LogP contribution in [0.25, 0.3) is 0 Å². The maximum absolute atomic E-state index is 5.51. The molecule has 6 nitrogen and oxygen atoms in total. The van der Waals surface area contributed by atoms with Gasteiger partial charge in [-0.1, -0.05) is 13.8 Å². The van der Waals surface area contributed by atoms with Crippen LogP contribution in [0.4, 0.5) is 0 Å². The molecule has 2 rings (SSSR count). The third-order valence-corrected chi connectivity index (χ3v) is 2.53. The summed E-state index contributed by atoms with van der Waals surface area (Å²) in [6, 6.07) is 0.707. The van der Waals surface area contributed by atoms with Crippen molar-refractivity contribution in [2.75, 3.05) is 0 Å². The molecule has 2 heterocycles. The lowest BCUT2D eigenvalue weighted by Gasteiger charge is -2.04. The van der Waals surface area contributed by atoms with Gasteiger partial charge in [0.05, 0.1) is 18.1 Å². The summed E-state index contributed by atoms with van der Waals surface area (Å²) in [7, 11) is 0. The Morgan fingerprint density at radius 2 is 2.16 bits per heavy atom. The topological polar surface area (TPSA) is 65.1 Å². The van der Waals surface area contributed by atoms with Crippen molar-refractivity contribution in [2.24, 2.45) is 0 Å². The van der Waals surface area contributed by atoms with E-state index >= 15 is 0 Å². The molecule has 0 bridgehead atoms. The summed E-state index contributed by atoms with van der Waals surface area (Å²) < 4.78 is 12.6. The summed E-state index contributed by atoms with van der Waals surface area (Å²) in [5.74, 6) is 0.624. The molecule has 19 heavy (non-hydrogen) atoms. The van der Waals surface area contributed by atoms with Crippen LogP contribution < -0.4 is 10.1 Å². The lowest BCUT2D eigenvalue weighted by molar-refractivity contribution is 0.330. The van der Waals surface area contributed by atoms with Gasteiger partial charge in [0.25, 0.3) is 0 Å². The molecule has 6 heteroatoms. The highest BCUT2D eigenvalue weighted by Gasteiger charge is 2.09. The fourth-order valence-corrected chi connectivity index (χ4v) is 1.48. The van der Waals surface area contributed by atoms with E-state index in [0.29, 0.717) is 24.4 Å². The molecule has 2 aromatic heterocycles. The van der Waals surface area contributed by atoms with Crippen molar-refractivity contribution < 1.29 is 9.15 Å². The zero-order valence-corrected chi connectivity index (χ0v) is 11.8. The molecule has 0 radical (unpaired) electrons. The smallest absolute Gasteiger partial charge is 0.399 e. The van der Waals surface area contributed by atoms with Crippen molar-refractivity contribution in [3.05, 3.63) is 24.4 Å². The third kappa shape index (κ3) is 3.82. The first-order valence-electron chi connectivity index (χ1n) is 6.44. The SMILES string of the molecule is CC(C)NCc1coc(Oc2cnn(C(C)C)c2)n1. The van der Waals surface area contributed by atoms with E-state index in [1.54, 1.807) is 12.5 Å². The van der Waals surface area contributed by atoms with Gasteiger partial charge in [-0.05, 0) is 13.8 Å². The summed E-state index contributed by atoms with van der Waals surface area (Å²) in [6.45, 7) is 8.93. The van der Waals surface area contributed by atoms with Crippen LogP contribution in [-0.2, 0) is 6.54 Å². The average Bonchev–Trinajstić information content (AvgIpc) is 2.96. The van der Waals surface area contributed by atoms with E-state index in [2.05, 4.69) is 43.1 Å². The Morgan fingerprint density at radius 3 is 2.79 bits per heavy atom. The Hall–Kier alpha value is -1.82. The summed E-state index contributed by atoms with van der Waals surface area (Å²) in [5, 5.41) is 7.45. The highest BCUT2D eigenvalue weighted by molar-refractivity contribution is 5.16. The third-order valence-electron chi connectivity index (χ3n) is 2.53. The van der Waals surface area contributed by atoms with Crippen molar-refractivity contribution in [1.29, 1.82) is 0 Å². The quantitative estimate of drug-likeness (QED) is 0.869.